The molecule has 0 amide bonds. The molecule has 0 atom stereocenters. The van der Waals surface area contributed by atoms with E-state index in [1.807, 2.05) is 24.3 Å². The van der Waals surface area contributed by atoms with Crippen LogP contribution in [0.1, 0.15) is 6.42 Å². The Morgan fingerprint density at radius 3 is 2.71 bits per heavy atom. The van der Waals surface area contributed by atoms with E-state index in [-0.39, 0.29) is 5.82 Å². The van der Waals surface area contributed by atoms with Crippen LogP contribution in [-0.2, 0) is 0 Å². The van der Waals surface area contributed by atoms with Crippen LogP contribution >= 0.6 is 11.8 Å². The number of aromatic nitrogens is 2. The predicted molar refractivity (Wildman–Crippen MR) is 83.3 cm³/mol. The van der Waals surface area contributed by atoms with Gasteiger partial charge in [0.05, 0.1) is 17.6 Å². The van der Waals surface area contributed by atoms with E-state index in [0.29, 0.717) is 12.4 Å². The first kappa shape index (κ1) is 13.9. The molecule has 0 bridgehead atoms. The lowest BCUT2D eigenvalue weighted by atomic mass is 10.3. The summed E-state index contributed by atoms with van der Waals surface area (Å²) < 4.78 is 18.3. The zero-order chi connectivity index (χ0) is 14.5. The molecule has 0 spiro atoms. The zero-order valence-electron chi connectivity index (χ0n) is 11.4. The molecule has 0 aliphatic rings. The van der Waals surface area contributed by atoms with E-state index in [1.165, 1.54) is 12.1 Å². The molecule has 0 aliphatic heterocycles. The molecule has 0 fully saturated rings. The van der Waals surface area contributed by atoms with E-state index in [9.17, 15) is 4.39 Å². The van der Waals surface area contributed by atoms with Gasteiger partial charge in [0.1, 0.15) is 11.6 Å². The maximum atomic E-state index is 12.7. The van der Waals surface area contributed by atoms with Crippen LogP contribution in [0.3, 0.4) is 0 Å². The maximum Gasteiger partial charge on any atom is 0.166 e. The number of thioether (sulfide) groups is 1. The van der Waals surface area contributed by atoms with Gasteiger partial charge >= 0.3 is 0 Å². The molecule has 108 valence electrons. The lowest BCUT2D eigenvalue weighted by molar-refractivity contribution is 0.318. The average molecular weight is 302 g/mol. The van der Waals surface area contributed by atoms with Crippen LogP contribution < -0.4 is 4.74 Å². The molecule has 1 aromatic heterocycles. The summed E-state index contributed by atoms with van der Waals surface area (Å²) in [5, 5.41) is 0.929. The van der Waals surface area contributed by atoms with Crippen molar-refractivity contribution in [2.75, 3.05) is 12.4 Å². The van der Waals surface area contributed by atoms with E-state index in [2.05, 4.69) is 9.97 Å². The first-order valence-electron chi connectivity index (χ1n) is 6.77. The van der Waals surface area contributed by atoms with E-state index >= 15 is 0 Å². The average Bonchev–Trinajstić information content (AvgIpc) is 2.91. The van der Waals surface area contributed by atoms with E-state index in [1.54, 1.807) is 23.9 Å². The van der Waals surface area contributed by atoms with Gasteiger partial charge in [0, 0.05) is 5.75 Å². The van der Waals surface area contributed by atoms with Crippen molar-refractivity contribution in [1.29, 1.82) is 0 Å². The summed E-state index contributed by atoms with van der Waals surface area (Å²) >= 11 is 1.68. The van der Waals surface area contributed by atoms with Gasteiger partial charge in [-0.05, 0) is 42.8 Å². The van der Waals surface area contributed by atoms with E-state index in [4.69, 9.17) is 4.74 Å². The largest absolute Gasteiger partial charge is 0.494 e. The second-order valence-electron chi connectivity index (χ2n) is 4.56. The van der Waals surface area contributed by atoms with Gasteiger partial charge in [-0.3, -0.25) is 0 Å². The van der Waals surface area contributed by atoms with Gasteiger partial charge < -0.3 is 9.72 Å². The fourth-order valence-corrected chi connectivity index (χ4v) is 2.75. The second kappa shape index (κ2) is 6.63. The minimum atomic E-state index is -0.247. The lowest BCUT2D eigenvalue weighted by Gasteiger charge is -2.05. The third-order valence-corrected chi connectivity index (χ3v) is 3.94. The highest BCUT2D eigenvalue weighted by atomic mass is 32.2. The molecule has 1 N–H and O–H groups in total. The van der Waals surface area contributed by atoms with Crippen molar-refractivity contribution in [1.82, 2.24) is 9.97 Å². The summed E-state index contributed by atoms with van der Waals surface area (Å²) in [7, 11) is 0. The van der Waals surface area contributed by atoms with Crippen LogP contribution in [0.15, 0.2) is 53.7 Å². The van der Waals surface area contributed by atoms with Crippen LogP contribution in [0, 0.1) is 5.82 Å². The van der Waals surface area contributed by atoms with Gasteiger partial charge in [-0.25, -0.2) is 9.37 Å². The van der Waals surface area contributed by atoms with Crippen LogP contribution in [0.5, 0.6) is 5.75 Å². The summed E-state index contributed by atoms with van der Waals surface area (Å²) in [4.78, 5) is 7.78. The Labute approximate surface area is 126 Å². The van der Waals surface area contributed by atoms with Crippen molar-refractivity contribution in [2.45, 2.75) is 11.6 Å². The first-order chi connectivity index (χ1) is 10.3. The highest BCUT2D eigenvalue weighted by molar-refractivity contribution is 7.99. The third kappa shape index (κ3) is 3.76. The number of benzene rings is 2. The first-order valence-corrected chi connectivity index (χ1v) is 7.76. The van der Waals surface area contributed by atoms with Gasteiger partial charge in [-0.15, -0.1) is 0 Å². The molecule has 0 saturated carbocycles. The number of halogens is 1. The van der Waals surface area contributed by atoms with Crippen LogP contribution in [0.4, 0.5) is 4.39 Å². The molecule has 0 aliphatic carbocycles. The van der Waals surface area contributed by atoms with E-state index in [0.717, 1.165) is 28.4 Å². The number of H-pyrrole nitrogens is 1. The molecule has 3 aromatic rings. The standard InChI is InChI=1S/C16H15FN2OS/c17-12-6-8-13(9-7-12)20-10-3-11-21-16-18-14-4-1-2-5-15(14)19-16/h1-2,4-9H,3,10-11H2,(H,18,19). The number of hydrogen-bond donors (Lipinski definition) is 1. The summed E-state index contributed by atoms with van der Waals surface area (Å²) in [5.74, 6) is 1.37. The molecule has 1 heterocycles. The Morgan fingerprint density at radius 1 is 1.10 bits per heavy atom. The van der Waals surface area contributed by atoms with Gasteiger partial charge in [0.15, 0.2) is 5.16 Å². The predicted octanol–water partition coefficient (Wildman–Crippen LogP) is 4.26. The smallest absolute Gasteiger partial charge is 0.166 e. The SMILES string of the molecule is Fc1ccc(OCCCSc2nc3ccccc3[nH]2)cc1. The lowest BCUT2D eigenvalue weighted by Crippen LogP contribution is -1.98. The monoisotopic (exact) mass is 302 g/mol. The van der Waals surface area contributed by atoms with Gasteiger partial charge in [0.2, 0.25) is 0 Å². The summed E-state index contributed by atoms with van der Waals surface area (Å²) in [6, 6.07) is 14.1. The maximum absolute atomic E-state index is 12.7. The molecule has 2 aromatic carbocycles. The van der Waals surface area contributed by atoms with E-state index < -0.39 is 0 Å². The molecular formula is C16H15FN2OS. The van der Waals surface area contributed by atoms with Crippen molar-refractivity contribution >= 4 is 22.8 Å². The minimum absolute atomic E-state index is 0.247. The Kier molecular flexibility index (Phi) is 4.40. The number of nitrogens with one attached hydrogen (secondary N) is 1. The number of aromatic amines is 1. The summed E-state index contributed by atoms with van der Waals surface area (Å²) in [5.41, 5.74) is 2.05. The van der Waals surface area contributed by atoms with Gasteiger partial charge in [-0.2, -0.15) is 0 Å². The molecule has 0 unspecified atom stereocenters. The topological polar surface area (TPSA) is 37.9 Å². The quantitative estimate of drug-likeness (QED) is 0.546. The summed E-state index contributed by atoms with van der Waals surface area (Å²) in [6.07, 6.45) is 0.902. The Morgan fingerprint density at radius 2 is 1.90 bits per heavy atom. The van der Waals surface area contributed by atoms with Gasteiger partial charge in [-0.1, -0.05) is 23.9 Å². The number of hydrogen-bond acceptors (Lipinski definition) is 3. The van der Waals surface area contributed by atoms with Crippen molar-refractivity contribution < 1.29 is 9.13 Å². The summed E-state index contributed by atoms with van der Waals surface area (Å²) in [6.45, 7) is 0.610. The van der Waals surface area contributed by atoms with Crippen LogP contribution in [0.25, 0.3) is 11.0 Å². The van der Waals surface area contributed by atoms with Crippen molar-refractivity contribution in [2.24, 2.45) is 0 Å². The molecule has 0 radical (unpaired) electrons. The highest BCUT2D eigenvalue weighted by Gasteiger charge is 2.02. The van der Waals surface area contributed by atoms with Crippen molar-refractivity contribution in [3.8, 4) is 5.75 Å². The van der Waals surface area contributed by atoms with Crippen molar-refractivity contribution in [3.63, 3.8) is 0 Å². The number of rotatable bonds is 6. The Hall–Kier alpha value is -2.01. The molecular weight excluding hydrogens is 287 g/mol. The number of imidazole rings is 1. The third-order valence-electron chi connectivity index (χ3n) is 2.98. The van der Waals surface area contributed by atoms with Gasteiger partial charge in [0.25, 0.3) is 0 Å². The highest BCUT2D eigenvalue weighted by Crippen LogP contribution is 2.20. The number of para-hydroxylation sites is 2. The van der Waals surface area contributed by atoms with Crippen LogP contribution in [0.2, 0.25) is 0 Å². The minimum Gasteiger partial charge on any atom is -0.494 e. The molecule has 3 nitrogen and oxygen atoms in total. The zero-order valence-corrected chi connectivity index (χ0v) is 12.2. The number of fused-ring (bicyclic) bond motifs is 1. The van der Waals surface area contributed by atoms with Crippen LogP contribution in [-0.4, -0.2) is 22.3 Å². The van der Waals surface area contributed by atoms with Crippen molar-refractivity contribution in [3.05, 3.63) is 54.3 Å². The number of ether oxygens (including phenoxy) is 1. The number of nitrogens with zero attached hydrogens (tertiary/aromatic N) is 1. The Balaban J connectivity index is 1.42. The molecule has 5 heteroatoms. The molecule has 0 saturated heterocycles. The normalized spacial score (nSPS) is 10.9. The fourth-order valence-electron chi connectivity index (χ4n) is 1.95. The Bertz CT molecular complexity index is 679. The second-order valence-corrected chi connectivity index (χ2v) is 5.65. The molecule has 3 rings (SSSR count). The fraction of sp³-hybridized carbons (Fsp3) is 0.188. The molecule has 21 heavy (non-hydrogen) atoms.